The lowest BCUT2D eigenvalue weighted by atomic mass is 9.97. The first-order valence-electron chi connectivity index (χ1n) is 6.70. The van der Waals surface area contributed by atoms with Crippen molar-refractivity contribution in [3.63, 3.8) is 0 Å². The first-order valence-corrected chi connectivity index (χ1v) is 7.92. The lowest BCUT2D eigenvalue weighted by molar-refractivity contribution is -0.385. The Bertz CT molecular complexity index is 530. The molecule has 0 aromatic heterocycles. The maximum Gasteiger partial charge on any atom is 0.282 e. The van der Waals surface area contributed by atoms with E-state index in [4.69, 9.17) is 0 Å². The maximum absolute atomic E-state index is 12.2. The highest BCUT2D eigenvalue weighted by Crippen LogP contribution is 2.25. The van der Waals surface area contributed by atoms with Crippen LogP contribution in [0.3, 0.4) is 0 Å². The molecule has 0 spiro atoms. The molecule has 0 atom stereocenters. The molecule has 0 bridgehead atoms. The summed E-state index contributed by atoms with van der Waals surface area (Å²) in [7, 11) is 0. The molecule has 0 fully saturated rings. The van der Waals surface area contributed by atoms with E-state index in [2.05, 4.69) is 5.32 Å². The highest BCUT2D eigenvalue weighted by molar-refractivity contribution is 7.98. The average Bonchev–Trinajstić information content (AvgIpc) is 2.51. The smallest absolute Gasteiger partial charge is 0.282 e. The van der Waals surface area contributed by atoms with Crippen LogP contribution < -0.4 is 5.32 Å². The Hall–Kier alpha value is -1.60. The summed E-state index contributed by atoms with van der Waals surface area (Å²) in [4.78, 5) is 23.4. The molecule has 0 aliphatic carbocycles. The lowest BCUT2D eigenvalue weighted by Crippen LogP contribution is -2.42. The van der Waals surface area contributed by atoms with Crippen molar-refractivity contribution in [3.8, 4) is 0 Å². The van der Waals surface area contributed by atoms with Crippen molar-refractivity contribution in [1.82, 2.24) is 5.32 Å². The molecule has 0 saturated heterocycles. The molecule has 0 unspecified atom stereocenters. The zero-order valence-corrected chi connectivity index (χ0v) is 13.2. The van der Waals surface area contributed by atoms with E-state index in [0.29, 0.717) is 12.8 Å². The highest BCUT2D eigenvalue weighted by atomic mass is 32.2. The van der Waals surface area contributed by atoms with Crippen LogP contribution in [0.2, 0.25) is 0 Å². The van der Waals surface area contributed by atoms with E-state index in [1.807, 2.05) is 20.1 Å². The summed E-state index contributed by atoms with van der Waals surface area (Å²) >= 11 is 1.40. The number of rotatable bonds is 7. The monoisotopic (exact) mass is 312 g/mol. The number of hydrogen-bond acceptors (Lipinski definition) is 5. The fourth-order valence-corrected chi connectivity index (χ4v) is 2.26. The molecule has 0 saturated carbocycles. The van der Waals surface area contributed by atoms with E-state index in [-0.39, 0.29) is 17.8 Å². The first kappa shape index (κ1) is 17.5. The topological polar surface area (TPSA) is 92.5 Å². The number of aliphatic hydroxyl groups is 1. The number of carbonyl (C=O) groups excluding carboxylic acids is 1. The van der Waals surface area contributed by atoms with Crippen molar-refractivity contribution in [2.45, 2.75) is 37.2 Å². The third-order valence-electron chi connectivity index (χ3n) is 3.54. The molecule has 0 radical (unpaired) electrons. The van der Waals surface area contributed by atoms with Crippen molar-refractivity contribution in [3.05, 3.63) is 33.9 Å². The molecule has 0 aliphatic heterocycles. The quantitative estimate of drug-likeness (QED) is 0.458. The number of nitrogens with one attached hydrogen (secondary N) is 1. The molecule has 1 amide bonds. The van der Waals surface area contributed by atoms with Crippen LogP contribution in [0.25, 0.3) is 0 Å². The molecule has 1 aromatic rings. The number of nitro benzene ring substituents is 1. The average molecular weight is 312 g/mol. The van der Waals surface area contributed by atoms with Crippen molar-refractivity contribution in [2.24, 2.45) is 0 Å². The summed E-state index contributed by atoms with van der Waals surface area (Å²) in [5.41, 5.74) is -1.20. The van der Waals surface area contributed by atoms with E-state index in [9.17, 15) is 20.0 Å². The van der Waals surface area contributed by atoms with Crippen LogP contribution in [0, 0.1) is 10.1 Å². The molecule has 6 nitrogen and oxygen atoms in total. The van der Waals surface area contributed by atoms with Gasteiger partial charge < -0.3 is 10.4 Å². The second-order valence-corrected chi connectivity index (χ2v) is 5.63. The molecule has 21 heavy (non-hydrogen) atoms. The third kappa shape index (κ3) is 4.44. The molecular formula is C14H20N2O4S. The van der Waals surface area contributed by atoms with E-state index in [0.717, 1.165) is 4.90 Å². The standard InChI is InChI=1S/C14H20N2O4S/c1-4-14(18,5-2)9-15-13(17)11-8-10(21-3)6-7-12(11)16(19)20/h6-8,18H,4-5,9H2,1-3H3,(H,15,17). The molecule has 2 N–H and O–H groups in total. The van der Waals surface area contributed by atoms with Gasteiger partial charge in [-0.25, -0.2) is 0 Å². The Labute approximate surface area is 128 Å². The van der Waals surface area contributed by atoms with Crippen molar-refractivity contribution < 1.29 is 14.8 Å². The predicted molar refractivity (Wildman–Crippen MR) is 82.7 cm³/mol. The zero-order valence-electron chi connectivity index (χ0n) is 12.4. The van der Waals surface area contributed by atoms with Crippen LogP contribution in [-0.4, -0.2) is 34.3 Å². The fourth-order valence-electron chi connectivity index (χ4n) is 1.82. The maximum atomic E-state index is 12.2. The van der Waals surface area contributed by atoms with Gasteiger partial charge in [-0.15, -0.1) is 11.8 Å². The molecular weight excluding hydrogens is 292 g/mol. The van der Waals surface area contributed by atoms with Gasteiger partial charge in [-0.3, -0.25) is 14.9 Å². The van der Waals surface area contributed by atoms with Gasteiger partial charge in [0, 0.05) is 17.5 Å². The van der Waals surface area contributed by atoms with Crippen LogP contribution in [-0.2, 0) is 0 Å². The SMILES string of the molecule is CCC(O)(CC)CNC(=O)c1cc(SC)ccc1[N+](=O)[O-]. The molecule has 116 valence electrons. The van der Waals surface area contributed by atoms with Crippen LogP contribution in [0.1, 0.15) is 37.0 Å². The van der Waals surface area contributed by atoms with E-state index in [1.54, 1.807) is 6.07 Å². The Morgan fingerprint density at radius 3 is 2.52 bits per heavy atom. The van der Waals surface area contributed by atoms with Gasteiger partial charge in [0.1, 0.15) is 5.56 Å². The number of amides is 1. The van der Waals surface area contributed by atoms with E-state index < -0.39 is 16.4 Å². The normalized spacial score (nSPS) is 11.2. The second-order valence-electron chi connectivity index (χ2n) is 4.75. The molecule has 0 aliphatic rings. The fraction of sp³-hybridized carbons (Fsp3) is 0.500. The Morgan fingerprint density at radius 1 is 1.43 bits per heavy atom. The number of benzene rings is 1. The summed E-state index contributed by atoms with van der Waals surface area (Å²) in [5.74, 6) is -0.544. The minimum atomic E-state index is -0.985. The summed E-state index contributed by atoms with van der Waals surface area (Å²) < 4.78 is 0. The van der Waals surface area contributed by atoms with Crippen LogP contribution >= 0.6 is 11.8 Å². The summed E-state index contributed by atoms with van der Waals surface area (Å²) in [6.07, 6.45) is 2.82. The largest absolute Gasteiger partial charge is 0.388 e. The second kappa shape index (κ2) is 7.42. The van der Waals surface area contributed by atoms with Gasteiger partial charge in [0.15, 0.2) is 0 Å². The number of nitrogens with zero attached hydrogens (tertiary/aromatic N) is 1. The van der Waals surface area contributed by atoms with Crippen LogP contribution in [0.5, 0.6) is 0 Å². The Balaban J connectivity index is 2.98. The minimum Gasteiger partial charge on any atom is -0.388 e. The number of nitro groups is 1. The van der Waals surface area contributed by atoms with Crippen molar-refractivity contribution in [1.29, 1.82) is 0 Å². The minimum absolute atomic E-state index is 0.0152. The molecule has 7 heteroatoms. The zero-order chi connectivity index (χ0) is 16.0. The van der Waals surface area contributed by atoms with Gasteiger partial charge in [-0.1, -0.05) is 13.8 Å². The van der Waals surface area contributed by atoms with Gasteiger partial charge >= 0.3 is 0 Å². The third-order valence-corrected chi connectivity index (χ3v) is 4.26. The van der Waals surface area contributed by atoms with Crippen LogP contribution in [0.15, 0.2) is 23.1 Å². The molecule has 1 rings (SSSR count). The van der Waals surface area contributed by atoms with Gasteiger partial charge in [0.05, 0.1) is 10.5 Å². The number of hydrogen-bond donors (Lipinski definition) is 2. The van der Waals surface area contributed by atoms with E-state index in [1.165, 1.54) is 23.9 Å². The molecule has 1 aromatic carbocycles. The predicted octanol–water partition coefficient (Wildman–Crippen LogP) is 2.60. The van der Waals surface area contributed by atoms with Gasteiger partial charge in [0.2, 0.25) is 0 Å². The van der Waals surface area contributed by atoms with Gasteiger partial charge in [-0.2, -0.15) is 0 Å². The molecule has 0 heterocycles. The number of thioether (sulfide) groups is 1. The van der Waals surface area contributed by atoms with Crippen LogP contribution in [0.4, 0.5) is 5.69 Å². The highest BCUT2D eigenvalue weighted by Gasteiger charge is 2.26. The van der Waals surface area contributed by atoms with E-state index >= 15 is 0 Å². The van der Waals surface area contributed by atoms with Crippen molar-refractivity contribution >= 4 is 23.4 Å². The summed E-state index contributed by atoms with van der Waals surface area (Å²) in [5, 5.41) is 23.7. The Kier molecular flexibility index (Phi) is 6.17. The summed E-state index contributed by atoms with van der Waals surface area (Å²) in [6, 6.07) is 4.43. The summed E-state index contributed by atoms with van der Waals surface area (Å²) in [6.45, 7) is 3.72. The number of carbonyl (C=O) groups is 1. The van der Waals surface area contributed by atoms with Gasteiger partial charge in [-0.05, 0) is 31.2 Å². The lowest BCUT2D eigenvalue weighted by Gasteiger charge is -2.25. The van der Waals surface area contributed by atoms with Crippen molar-refractivity contribution in [2.75, 3.05) is 12.8 Å². The van der Waals surface area contributed by atoms with Gasteiger partial charge in [0.25, 0.3) is 11.6 Å². The Morgan fingerprint density at radius 2 is 2.05 bits per heavy atom. The first-order chi connectivity index (χ1) is 9.86.